The fourth-order valence-corrected chi connectivity index (χ4v) is 4.92. The summed E-state index contributed by atoms with van der Waals surface area (Å²) in [6, 6.07) is 15.1. The van der Waals surface area contributed by atoms with Gasteiger partial charge in [-0.05, 0) is 50.3 Å². The number of rotatable bonds is 9. The van der Waals surface area contributed by atoms with Crippen molar-refractivity contribution in [3.8, 4) is 22.8 Å². The Kier molecular flexibility index (Phi) is 8.16. The Morgan fingerprint density at radius 3 is 2.53 bits per heavy atom. The number of carbonyl (C=O) groups is 1. The van der Waals surface area contributed by atoms with Gasteiger partial charge in [-0.25, -0.2) is 4.98 Å². The van der Waals surface area contributed by atoms with E-state index in [-0.39, 0.29) is 5.91 Å². The molecule has 2 heterocycles. The van der Waals surface area contributed by atoms with E-state index >= 15 is 0 Å². The second-order valence-corrected chi connectivity index (χ2v) is 9.24. The molecule has 0 spiro atoms. The Hall–Kier alpha value is -2.94. The van der Waals surface area contributed by atoms with E-state index in [1.807, 2.05) is 58.8 Å². The van der Waals surface area contributed by atoms with Crippen LogP contribution in [0.25, 0.3) is 11.3 Å². The van der Waals surface area contributed by atoms with Crippen molar-refractivity contribution in [3.63, 3.8) is 0 Å². The molecule has 1 aromatic heterocycles. The number of amides is 1. The molecule has 1 aliphatic heterocycles. The Labute approximate surface area is 205 Å². The summed E-state index contributed by atoms with van der Waals surface area (Å²) in [7, 11) is 5.44. The molecule has 1 fully saturated rings. The fraction of sp³-hybridized carbons (Fsp3) is 0.385. The van der Waals surface area contributed by atoms with Crippen molar-refractivity contribution in [2.24, 2.45) is 0 Å². The van der Waals surface area contributed by atoms with E-state index in [1.54, 1.807) is 14.2 Å². The van der Waals surface area contributed by atoms with Crippen molar-refractivity contribution >= 4 is 22.4 Å². The number of anilines is 1. The van der Waals surface area contributed by atoms with Crippen LogP contribution in [0.2, 0.25) is 0 Å². The molecule has 0 bridgehead atoms. The van der Waals surface area contributed by atoms with E-state index in [2.05, 4.69) is 16.8 Å². The Morgan fingerprint density at radius 2 is 1.82 bits per heavy atom. The highest BCUT2D eigenvalue weighted by atomic mass is 32.1. The molecule has 2 aromatic carbocycles. The van der Waals surface area contributed by atoms with Crippen molar-refractivity contribution in [1.82, 2.24) is 14.8 Å². The number of ether oxygens (including phenoxy) is 2. The fourth-order valence-electron chi connectivity index (χ4n) is 4.07. The lowest BCUT2D eigenvalue weighted by Gasteiger charge is -2.32. The van der Waals surface area contributed by atoms with Crippen LogP contribution in [-0.2, 0) is 0 Å². The summed E-state index contributed by atoms with van der Waals surface area (Å²) >= 11 is 1.47. The second-order valence-electron chi connectivity index (χ2n) is 8.40. The number of benzene rings is 2. The van der Waals surface area contributed by atoms with Gasteiger partial charge in [0.1, 0.15) is 11.5 Å². The lowest BCUT2D eigenvalue weighted by Crippen LogP contribution is -2.45. The predicted octanol–water partition coefficient (Wildman–Crippen LogP) is 4.11. The van der Waals surface area contributed by atoms with Gasteiger partial charge in [0.2, 0.25) is 0 Å². The lowest BCUT2D eigenvalue weighted by atomic mass is 10.1. The number of thiazole rings is 1. The molecule has 3 aromatic rings. The van der Waals surface area contributed by atoms with Gasteiger partial charge in [-0.2, -0.15) is 0 Å². The van der Waals surface area contributed by atoms with E-state index < -0.39 is 0 Å². The van der Waals surface area contributed by atoms with Crippen molar-refractivity contribution in [2.75, 3.05) is 65.4 Å². The second kappa shape index (κ2) is 11.5. The number of likely N-dealkylation sites (N-methyl/N-ethyl adjacent to an activating group) is 1. The smallest absolute Gasteiger partial charge is 0.260 e. The minimum atomic E-state index is -0.0301. The Bertz CT molecular complexity index is 1080. The topological polar surface area (TPSA) is 58.1 Å². The molecule has 1 amide bonds. The third kappa shape index (κ3) is 5.75. The van der Waals surface area contributed by atoms with Crippen LogP contribution in [0.4, 0.5) is 5.13 Å². The number of methoxy groups -OCH3 is 2. The summed E-state index contributed by atoms with van der Waals surface area (Å²) in [5.74, 6) is 1.42. The number of piperazine rings is 1. The van der Waals surface area contributed by atoms with Crippen LogP contribution in [0, 0.1) is 0 Å². The SMILES string of the molecule is COc1ccc(OC)c(-c2csc(N(CCCN3CCN(C)CC3)C(=O)c3ccccc3)n2)c1. The van der Waals surface area contributed by atoms with Crippen LogP contribution in [0.15, 0.2) is 53.9 Å². The highest BCUT2D eigenvalue weighted by Crippen LogP contribution is 2.36. The molecular formula is C26H32N4O3S. The van der Waals surface area contributed by atoms with Gasteiger partial charge in [-0.1, -0.05) is 18.2 Å². The largest absolute Gasteiger partial charge is 0.497 e. The molecule has 7 nitrogen and oxygen atoms in total. The first kappa shape index (κ1) is 24.2. The molecule has 0 N–H and O–H groups in total. The van der Waals surface area contributed by atoms with Crippen molar-refractivity contribution in [2.45, 2.75) is 6.42 Å². The van der Waals surface area contributed by atoms with Crippen LogP contribution < -0.4 is 14.4 Å². The third-order valence-corrected chi connectivity index (χ3v) is 6.99. The zero-order valence-electron chi connectivity index (χ0n) is 20.1. The maximum Gasteiger partial charge on any atom is 0.260 e. The molecular weight excluding hydrogens is 448 g/mol. The van der Waals surface area contributed by atoms with Crippen LogP contribution >= 0.6 is 11.3 Å². The highest BCUT2D eigenvalue weighted by Gasteiger charge is 2.22. The van der Waals surface area contributed by atoms with Crippen LogP contribution in [-0.4, -0.2) is 81.2 Å². The van der Waals surface area contributed by atoms with Gasteiger partial charge in [-0.15, -0.1) is 11.3 Å². The minimum absolute atomic E-state index is 0.0301. The molecule has 0 unspecified atom stereocenters. The summed E-state index contributed by atoms with van der Waals surface area (Å²) < 4.78 is 10.9. The summed E-state index contributed by atoms with van der Waals surface area (Å²) in [5, 5.41) is 2.66. The van der Waals surface area contributed by atoms with Gasteiger partial charge in [0.05, 0.1) is 19.9 Å². The molecule has 1 saturated heterocycles. The van der Waals surface area contributed by atoms with Gasteiger partial charge in [0.25, 0.3) is 5.91 Å². The monoisotopic (exact) mass is 480 g/mol. The minimum Gasteiger partial charge on any atom is -0.497 e. The first-order valence-electron chi connectivity index (χ1n) is 11.5. The normalized spacial score (nSPS) is 14.7. The van der Waals surface area contributed by atoms with E-state index in [4.69, 9.17) is 14.5 Å². The quantitative estimate of drug-likeness (QED) is 0.459. The summed E-state index contributed by atoms with van der Waals surface area (Å²) in [6.45, 7) is 5.90. The maximum atomic E-state index is 13.5. The number of nitrogens with zero attached hydrogens (tertiary/aromatic N) is 4. The van der Waals surface area contributed by atoms with Crippen molar-refractivity contribution in [1.29, 1.82) is 0 Å². The number of hydrogen-bond acceptors (Lipinski definition) is 7. The molecule has 8 heteroatoms. The maximum absolute atomic E-state index is 13.5. The molecule has 34 heavy (non-hydrogen) atoms. The predicted molar refractivity (Wildman–Crippen MR) is 137 cm³/mol. The van der Waals surface area contributed by atoms with Gasteiger partial charge >= 0.3 is 0 Å². The zero-order valence-corrected chi connectivity index (χ0v) is 20.9. The van der Waals surface area contributed by atoms with Crippen LogP contribution in [0.3, 0.4) is 0 Å². The van der Waals surface area contributed by atoms with E-state index in [1.165, 1.54) is 11.3 Å². The zero-order chi connectivity index (χ0) is 23.9. The van der Waals surface area contributed by atoms with Crippen molar-refractivity contribution in [3.05, 3.63) is 59.5 Å². The Morgan fingerprint density at radius 1 is 1.06 bits per heavy atom. The molecule has 0 aliphatic carbocycles. The molecule has 1 aliphatic rings. The van der Waals surface area contributed by atoms with E-state index in [9.17, 15) is 4.79 Å². The lowest BCUT2D eigenvalue weighted by molar-refractivity contribution is 0.0984. The Balaban J connectivity index is 1.56. The number of carbonyl (C=O) groups excluding carboxylic acids is 1. The first-order chi connectivity index (χ1) is 16.6. The average Bonchev–Trinajstić information content (AvgIpc) is 3.37. The van der Waals surface area contributed by atoms with Gasteiger partial charge < -0.3 is 19.3 Å². The van der Waals surface area contributed by atoms with Gasteiger partial charge in [0.15, 0.2) is 5.13 Å². The molecule has 180 valence electrons. The van der Waals surface area contributed by atoms with Crippen molar-refractivity contribution < 1.29 is 14.3 Å². The molecule has 0 atom stereocenters. The van der Waals surface area contributed by atoms with E-state index in [0.717, 1.165) is 56.2 Å². The standard InChI is InChI=1S/C26H32N4O3S/c1-28-14-16-29(17-15-28)12-7-13-30(25(31)20-8-5-4-6-9-20)26-27-23(19-34-26)22-18-21(32-2)10-11-24(22)33-3/h4-6,8-11,18-19H,7,12-17H2,1-3H3. The molecule has 0 radical (unpaired) electrons. The van der Waals surface area contributed by atoms with Crippen LogP contribution in [0.1, 0.15) is 16.8 Å². The molecule has 4 rings (SSSR count). The summed E-state index contributed by atoms with van der Waals surface area (Å²) in [6.07, 6.45) is 0.889. The average molecular weight is 481 g/mol. The highest BCUT2D eigenvalue weighted by molar-refractivity contribution is 7.14. The van der Waals surface area contributed by atoms with E-state index in [0.29, 0.717) is 23.0 Å². The summed E-state index contributed by atoms with van der Waals surface area (Å²) in [4.78, 5) is 25.0. The van der Waals surface area contributed by atoms with Crippen LogP contribution in [0.5, 0.6) is 11.5 Å². The van der Waals surface area contributed by atoms with Gasteiger partial charge in [-0.3, -0.25) is 9.69 Å². The first-order valence-corrected chi connectivity index (χ1v) is 12.4. The third-order valence-electron chi connectivity index (χ3n) is 6.12. The van der Waals surface area contributed by atoms with Gasteiger partial charge in [0, 0.05) is 49.2 Å². The molecule has 0 saturated carbocycles. The summed E-state index contributed by atoms with van der Waals surface area (Å²) in [5.41, 5.74) is 2.27. The number of aromatic nitrogens is 1. The number of hydrogen-bond donors (Lipinski definition) is 0.